The molecule has 0 bridgehead atoms. The van der Waals surface area contributed by atoms with Gasteiger partial charge in [0.05, 0.1) is 0 Å². The summed E-state index contributed by atoms with van der Waals surface area (Å²) >= 11 is 0. The number of rotatable bonds is 4. The molecule has 1 unspecified atom stereocenters. The van der Waals surface area contributed by atoms with Crippen molar-refractivity contribution < 1.29 is 47.2 Å². The fourth-order valence-corrected chi connectivity index (χ4v) is 2.02. The van der Waals surface area contributed by atoms with Crippen molar-refractivity contribution in [3.8, 4) is 0 Å². The van der Waals surface area contributed by atoms with Gasteiger partial charge in [-0.25, -0.2) is 8.78 Å². The first-order valence-corrected chi connectivity index (χ1v) is 6.26. The van der Waals surface area contributed by atoms with Crippen LogP contribution in [0.3, 0.4) is 0 Å². The van der Waals surface area contributed by atoms with Gasteiger partial charge in [0.15, 0.2) is 30.7 Å². The van der Waals surface area contributed by atoms with E-state index in [2.05, 4.69) is 4.74 Å². The van der Waals surface area contributed by atoms with E-state index in [1.165, 1.54) is 0 Å². The Kier molecular flexibility index (Phi) is 6.18. The summed E-state index contributed by atoms with van der Waals surface area (Å²) in [5.41, 5.74) is 0. The normalized spacial score (nSPS) is 31.5. The van der Waals surface area contributed by atoms with Crippen molar-refractivity contribution in [3.05, 3.63) is 0 Å². The van der Waals surface area contributed by atoms with Crippen LogP contribution < -0.4 is 0 Å². The minimum Gasteiger partial charge on any atom is -0.455 e. The van der Waals surface area contributed by atoms with E-state index in [-0.39, 0.29) is 0 Å². The van der Waals surface area contributed by atoms with E-state index >= 15 is 0 Å². The predicted octanol–water partition coefficient (Wildman–Crippen LogP) is -0.236. The number of ether oxygens (including phenoxy) is 4. The first-order valence-electron chi connectivity index (χ1n) is 6.26. The molecule has 0 spiro atoms. The fraction of sp³-hybridized carbons (Fsp3) is 0.750. The monoisotopic (exact) mass is 326 g/mol. The number of esters is 3. The molecule has 1 N–H and O–H groups in total. The zero-order valence-electron chi connectivity index (χ0n) is 12.0. The van der Waals surface area contributed by atoms with Crippen molar-refractivity contribution in [3.63, 3.8) is 0 Å². The highest BCUT2D eigenvalue weighted by atomic mass is 19.3. The van der Waals surface area contributed by atoms with Gasteiger partial charge in [0.2, 0.25) is 0 Å². The van der Waals surface area contributed by atoms with Gasteiger partial charge in [-0.2, -0.15) is 0 Å². The second-order valence-electron chi connectivity index (χ2n) is 4.55. The van der Waals surface area contributed by atoms with Crippen LogP contribution >= 0.6 is 0 Å². The number of carbonyl (C=O) groups is 3. The largest absolute Gasteiger partial charge is 0.455 e. The van der Waals surface area contributed by atoms with Crippen LogP contribution in [0.15, 0.2) is 0 Å². The van der Waals surface area contributed by atoms with E-state index in [9.17, 15) is 28.3 Å². The van der Waals surface area contributed by atoms with Crippen molar-refractivity contribution in [2.45, 2.75) is 57.9 Å². The Morgan fingerprint density at radius 2 is 1.32 bits per heavy atom. The minimum atomic E-state index is -3.14. The zero-order valence-corrected chi connectivity index (χ0v) is 12.0. The number of hydrogen-bond acceptors (Lipinski definition) is 8. The molecule has 0 aromatic rings. The summed E-state index contributed by atoms with van der Waals surface area (Å²) in [6.07, 6.45) is -12.1. The van der Waals surface area contributed by atoms with Gasteiger partial charge in [-0.3, -0.25) is 14.4 Å². The first kappa shape index (κ1) is 18.2. The molecule has 0 aliphatic carbocycles. The van der Waals surface area contributed by atoms with Crippen molar-refractivity contribution >= 4 is 17.9 Å². The lowest BCUT2D eigenvalue weighted by Gasteiger charge is -2.42. The average molecular weight is 326 g/mol. The molecule has 1 fully saturated rings. The summed E-state index contributed by atoms with van der Waals surface area (Å²) < 4.78 is 44.9. The van der Waals surface area contributed by atoms with Gasteiger partial charge in [-0.05, 0) is 0 Å². The first-order chi connectivity index (χ1) is 10.1. The average Bonchev–Trinajstić information content (AvgIpc) is 2.34. The van der Waals surface area contributed by atoms with Gasteiger partial charge >= 0.3 is 17.9 Å². The second-order valence-corrected chi connectivity index (χ2v) is 4.55. The molecule has 22 heavy (non-hydrogen) atoms. The maximum absolute atomic E-state index is 13.0. The molecule has 10 heteroatoms. The molecule has 1 aliphatic heterocycles. The molecular formula is C12H16F2O8. The van der Waals surface area contributed by atoms with Crippen LogP contribution in [0, 0.1) is 0 Å². The Morgan fingerprint density at radius 1 is 0.909 bits per heavy atom. The van der Waals surface area contributed by atoms with E-state index < -0.39 is 55.0 Å². The minimum absolute atomic E-state index is 0.873. The Labute approximate surface area is 124 Å². The topological polar surface area (TPSA) is 108 Å². The van der Waals surface area contributed by atoms with Crippen LogP contribution in [0.4, 0.5) is 8.78 Å². The molecule has 126 valence electrons. The van der Waals surface area contributed by atoms with Gasteiger partial charge in [-0.15, -0.1) is 0 Å². The highest BCUT2D eigenvalue weighted by Gasteiger charge is 2.54. The van der Waals surface area contributed by atoms with Gasteiger partial charge in [-0.1, -0.05) is 0 Å². The number of hydrogen-bond donors (Lipinski definition) is 1. The highest BCUT2D eigenvalue weighted by Crippen LogP contribution is 2.30. The third kappa shape index (κ3) is 4.60. The molecule has 0 radical (unpaired) electrons. The zero-order chi connectivity index (χ0) is 17.0. The summed E-state index contributed by atoms with van der Waals surface area (Å²) in [5.74, 6) is -2.71. The molecule has 0 aromatic heterocycles. The van der Waals surface area contributed by atoms with Gasteiger partial charge in [0.1, 0.15) is 0 Å². The van der Waals surface area contributed by atoms with Crippen molar-refractivity contribution in [1.82, 2.24) is 0 Å². The van der Waals surface area contributed by atoms with E-state index in [0.717, 1.165) is 20.8 Å². The SMILES string of the molecule is CC(=O)O[C@H]1[C@H](OC(C)=O)[C@@H](OC(C)=O)C(O)O[C@@H]1C(F)F. The summed E-state index contributed by atoms with van der Waals surface area (Å²) in [6.45, 7) is 2.94. The van der Waals surface area contributed by atoms with Crippen LogP contribution in [0.2, 0.25) is 0 Å². The second kappa shape index (κ2) is 7.45. The maximum atomic E-state index is 13.0. The van der Waals surface area contributed by atoms with E-state index in [4.69, 9.17) is 14.2 Å². The molecule has 1 saturated heterocycles. The van der Waals surface area contributed by atoms with Gasteiger partial charge < -0.3 is 24.1 Å². The van der Waals surface area contributed by atoms with E-state index in [0.29, 0.717) is 0 Å². The Hall–Kier alpha value is -1.81. The quantitative estimate of drug-likeness (QED) is 0.557. The summed E-state index contributed by atoms with van der Waals surface area (Å²) in [6, 6.07) is 0. The van der Waals surface area contributed by atoms with Crippen LogP contribution in [0.5, 0.6) is 0 Å². The lowest BCUT2D eigenvalue weighted by atomic mass is 9.98. The smallest absolute Gasteiger partial charge is 0.303 e. The number of aliphatic hydroxyl groups is 1. The fourth-order valence-electron chi connectivity index (χ4n) is 2.02. The molecule has 0 aromatic carbocycles. The van der Waals surface area contributed by atoms with Crippen LogP contribution in [0.25, 0.3) is 0 Å². The lowest BCUT2D eigenvalue weighted by molar-refractivity contribution is -0.307. The summed E-state index contributed by atoms with van der Waals surface area (Å²) in [5, 5.41) is 9.71. The van der Waals surface area contributed by atoms with Gasteiger partial charge in [0, 0.05) is 20.8 Å². The molecule has 8 nitrogen and oxygen atoms in total. The van der Waals surface area contributed by atoms with Crippen molar-refractivity contribution in [2.75, 3.05) is 0 Å². The number of carbonyl (C=O) groups excluding carboxylic acids is 3. The van der Waals surface area contributed by atoms with Crippen LogP contribution in [0.1, 0.15) is 20.8 Å². The Morgan fingerprint density at radius 3 is 1.73 bits per heavy atom. The number of halogens is 2. The molecule has 0 saturated carbocycles. The Bertz CT molecular complexity index is 441. The van der Waals surface area contributed by atoms with E-state index in [1.54, 1.807) is 0 Å². The van der Waals surface area contributed by atoms with Crippen molar-refractivity contribution in [1.29, 1.82) is 0 Å². The van der Waals surface area contributed by atoms with Gasteiger partial charge in [0.25, 0.3) is 6.43 Å². The third-order valence-electron chi connectivity index (χ3n) is 2.70. The van der Waals surface area contributed by atoms with Crippen LogP contribution in [-0.4, -0.2) is 60.1 Å². The van der Waals surface area contributed by atoms with Crippen LogP contribution in [-0.2, 0) is 33.3 Å². The van der Waals surface area contributed by atoms with Crippen molar-refractivity contribution in [2.24, 2.45) is 0 Å². The predicted molar refractivity (Wildman–Crippen MR) is 63.5 cm³/mol. The molecule has 0 amide bonds. The molecule has 5 atom stereocenters. The molecule has 1 heterocycles. The lowest BCUT2D eigenvalue weighted by Crippen LogP contribution is -2.62. The summed E-state index contributed by atoms with van der Waals surface area (Å²) in [7, 11) is 0. The Balaban J connectivity index is 3.15. The molecule has 1 rings (SSSR count). The standard InChI is InChI=1S/C12H16F2O8/c1-4(15)19-7-8(20-5(2)16)10(21-6(3)17)12(18)22-9(7)11(13)14/h7-12,18H,1-3H3/t7-,8-,9-,10+,12?/m0/s1. The third-order valence-corrected chi connectivity index (χ3v) is 2.70. The molecular weight excluding hydrogens is 310 g/mol. The summed E-state index contributed by atoms with van der Waals surface area (Å²) in [4.78, 5) is 33.3. The van der Waals surface area contributed by atoms with E-state index in [1.807, 2.05) is 0 Å². The highest BCUT2D eigenvalue weighted by molar-refractivity contribution is 5.68. The number of alkyl halides is 2. The molecule has 1 aliphatic rings. The maximum Gasteiger partial charge on any atom is 0.303 e. The number of aliphatic hydroxyl groups excluding tert-OH is 1.